The number of carbonyl (C=O) groups excluding carboxylic acids is 2. The summed E-state index contributed by atoms with van der Waals surface area (Å²) in [6, 6.07) is 2.65. The topological polar surface area (TPSA) is 129 Å². The van der Waals surface area contributed by atoms with Gasteiger partial charge in [-0.15, -0.1) is 0 Å². The summed E-state index contributed by atoms with van der Waals surface area (Å²) in [5.41, 5.74) is 11.5. The number of piperidine rings is 1. The molecule has 23 heavy (non-hydrogen) atoms. The van der Waals surface area contributed by atoms with Crippen molar-refractivity contribution in [3.8, 4) is 5.75 Å². The van der Waals surface area contributed by atoms with Gasteiger partial charge >= 0.3 is 0 Å². The highest BCUT2D eigenvalue weighted by atomic mass is 16.5. The Hall–Kier alpha value is -2.32. The van der Waals surface area contributed by atoms with E-state index in [4.69, 9.17) is 20.9 Å². The van der Waals surface area contributed by atoms with Crippen LogP contribution in [0, 0.1) is 0 Å². The van der Waals surface area contributed by atoms with Gasteiger partial charge in [0.2, 0.25) is 0 Å². The van der Waals surface area contributed by atoms with Crippen LogP contribution < -0.4 is 26.8 Å². The van der Waals surface area contributed by atoms with Crippen molar-refractivity contribution in [1.29, 1.82) is 0 Å². The summed E-state index contributed by atoms with van der Waals surface area (Å²) < 4.78 is 10.6. The van der Waals surface area contributed by atoms with Crippen molar-refractivity contribution in [2.24, 2.45) is 5.73 Å². The standard InChI is InChI=1S/C15H22N4O4/c1-22-12-6-10(16)8(14(17)20)5-9(12)15(21)19-11-3-4-18-7-13(11)23-2/h5-6,11,13,18H,3-4,7,16H2,1-2H3,(H2,17,20)(H,19,21). The second-order valence-electron chi connectivity index (χ2n) is 5.35. The van der Waals surface area contributed by atoms with Crippen molar-refractivity contribution in [2.45, 2.75) is 18.6 Å². The lowest BCUT2D eigenvalue weighted by Crippen LogP contribution is -2.53. The molecule has 2 rings (SSSR count). The van der Waals surface area contributed by atoms with Crippen molar-refractivity contribution in [1.82, 2.24) is 10.6 Å². The predicted molar refractivity (Wildman–Crippen MR) is 85.5 cm³/mol. The molecule has 1 heterocycles. The highest BCUT2D eigenvalue weighted by molar-refractivity contribution is 6.04. The third-order valence-electron chi connectivity index (χ3n) is 3.93. The van der Waals surface area contributed by atoms with Crippen molar-refractivity contribution in [2.75, 3.05) is 33.0 Å². The SMILES string of the molecule is COc1cc(N)c(C(N)=O)cc1C(=O)NC1CCNCC1OC. The average molecular weight is 322 g/mol. The van der Waals surface area contributed by atoms with Crippen molar-refractivity contribution >= 4 is 17.5 Å². The van der Waals surface area contributed by atoms with Gasteiger partial charge in [0.05, 0.1) is 30.4 Å². The number of ether oxygens (including phenoxy) is 2. The van der Waals surface area contributed by atoms with Crippen LogP contribution in [0.5, 0.6) is 5.75 Å². The molecule has 0 aliphatic carbocycles. The summed E-state index contributed by atoms with van der Waals surface area (Å²) in [6.07, 6.45) is 0.618. The fourth-order valence-electron chi connectivity index (χ4n) is 2.64. The van der Waals surface area contributed by atoms with Crippen LogP contribution in [-0.2, 0) is 4.74 Å². The minimum absolute atomic E-state index is 0.0875. The summed E-state index contributed by atoms with van der Waals surface area (Å²) in [4.78, 5) is 24.0. The predicted octanol–water partition coefficient (Wildman–Crippen LogP) is -0.517. The number of nitrogens with one attached hydrogen (secondary N) is 2. The summed E-state index contributed by atoms with van der Waals surface area (Å²) >= 11 is 0. The summed E-state index contributed by atoms with van der Waals surface area (Å²) in [5, 5.41) is 6.12. The molecule has 2 amide bonds. The Morgan fingerprint density at radius 3 is 2.65 bits per heavy atom. The van der Waals surface area contributed by atoms with Gasteiger partial charge in [-0.3, -0.25) is 9.59 Å². The molecule has 0 spiro atoms. The number of benzene rings is 1. The Kier molecular flexibility index (Phi) is 5.41. The number of primary amides is 1. The van der Waals surface area contributed by atoms with E-state index in [9.17, 15) is 9.59 Å². The number of carbonyl (C=O) groups is 2. The van der Waals surface area contributed by atoms with E-state index in [-0.39, 0.29) is 40.6 Å². The minimum Gasteiger partial charge on any atom is -0.496 e. The first-order chi connectivity index (χ1) is 11.0. The zero-order valence-electron chi connectivity index (χ0n) is 13.2. The van der Waals surface area contributed by atoms with Gasteiger partial charge in [0.1, 0.15) is 5.75 Å². The third kappa shape index (κ3) is 3.72. The van der Waals surface area contributed by atoms with Gasteiger partial charge in [-0.2, -0.15) is 0 Å². The lowest BCUT2D eigenvalue weighted by Gasteiger charge is -2.31. The molecule has 2 atom stereocenters. The molecule has 1 aliphatic heterocycles. The van der Waals surface area contributed by atoms with Crippen LogP contribution in [0.1, 0.15) is 27.1 Å². The molecule has 1 saturated heterocycles. The number of hydrogen-bond acceptors (Lipinski definition) is 6. The van der Waals surface area contributed by atoms with Crippen LogP contribution in [0.2, 0.25) is 0 Å². The first-order valence-electron chi connectivity index (χ1n) is 7.29. The molecule has 6 N–H and O–H groups in total. The number of amides is 2. The van der Waals surface area contributed by atoms with Crippen LogP contribution in [-0.4, -0.2) is 51.3 Å². The van der Waals surface area contributed by atoms with Gasteiger partial charge in [-0.1, -0.05) is 0 Å². The molecule has 0 bridgehead atoms. The molecular weight excluding hydrogens is 300 g/mol. The maximum absolute atomic E-state index is 12.6. The van der Waals surface area contributed by atoms with Crippen LogP contribution in [0.3, 0.4) is 0 Å². The van der Waals surface area contributed by atoms with E-state index in [0.29, 0.717) is 6.54 Å². The first kappa shape index (κ1) is 17.0. The normalized spacial score (nSPS) is 20.8. The lowest BCUT2D eigenvalue weighted by atomic mass is 10.0. The van der Waals surface area contributed by atoms with E-state index in [1.165, 1.54) is 19.2 Å². The van der Waals surface area contributed by atoms with E-state index in [0.717, 1.165) is 13.0 Å². The fourth-order valence-corrected chi connectivity index (χ4v) is 2.64. The average Bonchev–Trinajstić information content (AvgIpc) is 2.54. The third-order valence-corrected chi connectivity index (χ3v) is 3.93. The number of anilines is 1. The zero-order valence-corrected chi connectivity index (χ0v) is 13.2. The van der Waals surface area contributed by atoms with E-state index in [1.54, 1.807) is 7.11 Å². The minimum atomic E-state index is -0.698. The Labute approximate surface area is 134 Å². The van der Waals surface area contributed by atoms with Crippen molar-refractivity contribution in [3.05, 3.63) is 23.3 Å². The van der Waals surface area contributed by atoms with E-state index >= 15 is 0 Å². The Balaban J connectivity index is 2.27. The largest absolute Gasteiger partial charge is 0.496 e. The number of nitrogens with two attached hydrogens (primary N) is 2. The first-order valence-corrected chi connectivity index (χ1v) is 7.29. The lowest BCUT2D eigenvalue weighted by molar-refractivity contribution is 0.0476. The molecule has 0 aromatic heterocycles. The smallest absolute Gasteiger partial charge is 0.255 e. The van der Waals surface area contributed by atoms with Crippen LogP contribution in [0.4, 0.5) is 5.69 Å². The molecule has 8 nitrogen and oxygen atoms in total. The highest BCUT2D eigenvalue weighted by Crippen LogP contribution is 2.25. The monoisotopic (exact) mass is 322 g/mol. The number of rotatable bonds is 5. The molecule has 1 aromatic rings. The molecule has 1 aromatic carbocycles. The molecular formula is C15H22N4O4. The molecule has 0 radical (unpaired) electrons. The summed E-state index contributed by atoms with van der Waals surface area (Å²) in [6.45, 7) is 1.45. The maximum Gasteiger partial charge on any atom is 0.255 e. The highest BCUT2D eigenvalue weighted by Gasteiger charge is 2.28. The number of nitrogen functional groups attached to an aromatic ring is 1. The zero-order chi connectivity index (χ0) is 17.0. The quantitative estimate of drug-likeness (QED) is 0.540. The van der Waals surface area contributed by atoms with Gasteiger partial charge in [-0.05, 0) is 19.0 Å². The van der Waals surface area contributed by atoms with Crippen molar-refractivity contribution in [3.63, 3.8) is 0 Å². The molecule has 1 fully saturated rings. The van der Waals surface area contributed by atoms with Crippen LogP contribution in [0.25, 0.3) is 0 Å². The maximum atomic E-state index is 12.6. The summed E-state index contributed by atoms with van der Waals surface area (Å²) in [5.74, 6) is -0.776. The number of methoxy groups -OCH3 is 2. The van der Waals surface area contributed by atoms with Gasteiger partial charge in [0.15, 0.2) is 0 Å². The van der Waals surface area contributed by atoms with Gasteiger partial charge < -0.3 is 31.6 Å². The Bertz CT molecular complexity index is 605. The Morgan fingerprint density at radius 2 is 2.04 bits per heavy atom. The molecule has 126 valence electrons. The number of hydrogen-bond donors (Lipinski definition) is 4. The second kappa shape index (κ2) is 7.30. The van der Waals surface area contributed by atoms with Gasteiger partial charge in [0, 0.05) is 25.4 Å². The second-order valence-corrected chi connectivity index (χ2v) is 5.35. The van der Waals surface area contributed by atoms with Crippen LogP contribution in [0.15, 0.2) is 12.1 Å². The van der Waals surface area contributed by atoms with Gasteiger partial charge in [0.25, 0.3) is 11.8 Å². The Morgan fingerprint density at radius 1 is 1.30 bits per heavy atom. The summed E-state index contributed by atoms with van der Waals surface area (Å²) in [7, 11) is 3.03. The fraction of sp³-hybridized carbons (Fsp3) is 0.467. The molecule has 1 aliphatic rings. The van der Waals surface area contributed by atoms with Gasteiger partial charge in [-0.25, -0.2) is 0 Å². The molecule has 0 saturated carbocycles. The van der Waals surface area contributed by atoms with E-state index < -0.39 is 5.91 Å². The molecule has 8 heteroatoms. The van der Waals surface area contributed by atoms with E-state index in [2.05, 4.69) is 10.6 Å². The van der Waals surface area contributed by atoms with Crippen LogP contribution >= 0.6 is 0 Å². The van der Waals surface area contributed by atoms with Crippen molar-refractivity contribution < 1.29 is 19.1 Å². The van der Waals surface area contributed by atoms with E-state index in [1.807, 2.05) is 0 Å². The molecule has 2 unspecified atom stereocenters.